The number of hydrogen-bond acceptors (Lipinski definition) is 3. The van der Waals surface area contributed by atoms with Crippen molar-refractivity contribution in [3.8, 4) is 0 Å². The van der Waals surface area contributed by atoms with Crippen LogP contribution in [0, 0.1) is 20.8 Å². The van der Waals surface area contributed by atoms with E-state index in [1.807, 2.05) is 0 Å². The molecule has 0 radical (unpaired) electrons. The van der Waals surface area contributed by atoms with Gasteiger partial charge in [0.2, 0.25) is 0 Å². The Morgan fingerprint density at radius 1 is 1.04 bits per heavy atom. The second kappa shape index (κ2) is 7.91. The fourth-order valence-electron chi connectivity index (χ4n) is 2.74. The minimum absolute atomic E-state index is 0. The minimum atomic E-state index is -5.23. The summed E-state index contributed by atoms with van der Waals surface area (Å²) in [6, 6.07) is 0. The molecule has 1 aromatic rings. The van der Waals surface area contributed by atoms with Crippen LogP contribution in [0.3, 0.4) is 0 Å². The number of hydrogen-bond donors (Lipinski definition) is 1. The molecule has 0 amide bonds. The van der Waals surface area contributed by atoms with Crippen LogP contribution >= 0.6 is 0 Å². The van der Waals surface area contributed by atoms with E-state index >= 15 is 0 Å². The van der Waals surface area contributed by atoms with E-state index in [1.54, 1.807) is 27.7 Å². The van der Waals surface area contributed by atoms with Crippen LogP contribution < -0.4 is 62.2 Å². The SMILES string of the molecule is CNc1c(C)c(C(=O)OC(C)(C)C)c(C)c([B-](F)(F)F)c1C.[K+]. The van der Waals surface area contributed by atoms with Gasteiger partial charge in [0, 0.05) is 12.7 Å². The van der Waals surface area contributed by atoms with E-state index in [4.69, 9.17) is 4.74 Å². The maximum atomic E-state index is 13.4. The van der Waals surface area contributed by atoms with Crippen molar-refractivity contribution in [3.05, 3.63) is 22.3 Å². The van der Waals surface area contributed by atoms with Gasteiger partial charge < -0.3 is 23.0 Å². The topological polar surface area (TPSA) is 38.3 Å². The van der Waals surface area contributed by atoms with Crippen LogP contribution in [0.4, 0.5) is 18.6 Å². The molecule has 0 saturated heterocycles. The number of anilines is 1. The summed E-state index contributed by atoms with van der Waals surface area (Å²) in [5.41, 5.74) is -0.691. The molecule has 0 aliphatic heterocycles. The summed E-state index contributed by atoms with van der Waals surface area (Å²) >= 11 is 0. The van der Waals surface area contributed by atoms with Crippen LogP contribution in [-0.2, 0) is 4.74 Å². The Morgan fingerprint density at radius 3 is 1.87 bits per heavy atom. The molecule has 1 rings (SSSR count). The smallest absolute Gasteiger partial charge is 0.456 e. The van der Waals surface area contributed by atoms with Crippen LogP contribution in [-0.4, -0.2) is 25.6 Å². The maximum Gasteiger partial charge on any atom is 1.00 e. The first-order valence-electron chi connectivity index (χ1n) is 7.06. The van der Waals surface area contributed by atoms with Gasteiger partial charge in [0.05, 0.1) is 5.56 Å². The molecule has 0 fully saturated rings. The van der Waals surface area contributed by atoms with Gasteiger partial charge >= 0.3 is 64.3 Å². The number of esters is 1. The Bertz CT molecular complexity index is 610. The van der Waals surface area contributed by atoms with E-state index in [9.17, 15) is 17.7 Å². The van der Waals surface area contributed by atoms with E-state index in [-0.39, 0.29) is 68.1 Å². The Balaban J connectivity index is 0.00000484. The summed E-state index contributed by atoms with van der Waals surface area (Å²) < 4.78 is 45.5. The fourth-order valence-corrected chi connectivity index (χ4v) is 2.74. The third-order valence-corrected chi connectivity index (χ3v) is 3.49. The normalized spacial score (nSPS) is 11.7. The number of ether oxygens (including phenoxy) is 1. The molecule has 0 saturated carbocycles. The Kier molecular flexibility index (Phi) is 7.90. The molecule has 0 aliphatic carbocycles. The molecule has 0 atom stereocenters. The minimum Gasteiger partial charge on any atom is -0.456 e. The fraction of sp³-hybridized carbons (Fsp3) is 0.533. The number of benzene rings is 1. The predicted molar refractivity (Wildman–Crippen MR) is 84.1 cm³/mol. The monoisotopic (exact) mass is 355 g/mol. The zero-order chi connectivity index (χ0) is 17.5. The third kappa shape index (κ3) is 5.23. The van der Waals surface area contributed by atoms with Crippen LogP contribution in [0.1, 0.15) is 47.8 Å². The summed E-state index contributed by atoms with van der Waals surface area (Å²) in [5.74, 6) is -0.736. The van der Waals surface area contributed by atoms with E-state index in [1.165, 1.54) is 20.9 Å². The van der Waals surface area contributed by atoms with Crippen molar-refractivity contribution in [1.82, 2.24) is 0 Å². The van der Waals surface area contributed by atoms with E-state index in [0.717, 1.165) is 0 Å². The maximum absolute atomic E-state index is 13.4. The summed E-state index contributed by atoms with van der Waals surface area (Å²) in [5, 5.41) is 2.76. The molecule has 0 aliphatic rings. The van der Waals surface area contributed by atoms with Gasteiger partial charge in [0.25, 0.3) is 0 Å². The van der Waals surface area contributed by atoms with Crippen molar-refractivity contribution in [3.63, 3.8) is 0 Å². The first-order valence-corrected chi connectivity index (χ1v) is 7.06. The molecule has 1 aromatic carbocycles. The summed E-state index contributed by atoms with van der Waals surface area (Å²) in [4.78, 5) is 12.4. The molecule has 8 heteroatoms. The van der Waals surface area contributed by atoms with Gasteiger partial charge in [0.15, 0.2) is 0 Å². The van der Waals surface area contributed by atoms with Gasteiger partial charge in [-0.05, 0) is 47.1 Å². The van der Waals surface area contributed by atoms with Crippen LogP contribution in [0.5, 0.6) is 0 Å². The second-order valence-electron chi connectivity index (χ2n) is 6.37. The van der Waals surface area contributed by atoms with Crippen molar-refractivity contribution in [2.45, 2.75) is 47.1 Å². The second-order valence-corrected chi connectivity index (χ2v) is 6.37. The Morgan fingerprint density at radius 2 is 1.52 bits per heavy atom. The molecule has 0 bridgehead atoms. The van der Waals surface area contributed by atoms with Crippen molar-refractivity contribution in [1.29, 1.82) is 0 Å². The number of halogens is 3. The van der Waals surface area contributed by atoms with Crippen molar-refractivity contribution in [2.24, 2.45) is 0 Å². The first kappa shape index (κ1) is 23.0. The average molecular weight is 355 g/mol. The summed E-state index contributed by atoms with van der Waals surface area (Å²) in [7, 11) is 1.54. The number of rotatable bonds is 3. The van der Waals surface area contributed by atoms with E-state index < -0.39 is 24.0 Å². The molecule has 3 nitrogen and oxygen atoms in total. The first-order chi connectivity index (χ1) is 9.81. The van der Waals surface area contributed by atoms with Crippen molar-refractivity contribution in [2.75, 3.05) is 12.4 Å². The Labute approximate surface area is 178 Å². The van der Waals surface area contributed by atoms with Crippen LogP contribution in [0.15, 0.2) is 0 Å². The standard InChI is InChI=1S/C15H22BF3NO2.K/c1-8-11(14(21)22-15(4,5)6)9(2)13(20-7)10(3)12(8)16(17,18)19;/h20H,1-7H3;/q-1;+1. The predicted octanol–water partition coefficient (Wildman–Crippen LogP) is 0.667. The van der Waals surface area contributed by atoms with E-state index in [2.05, 4.69) is 5.32 Å². The quantitative estimate of drug-likeness (QED) is 0.640. The largest absolute Gasteiger partial charge is 1.00 e. The van der Waals surface area contributed by atoms with Gasteiger partial charge in [-0.15, -0.1) is 0 Å². The zero-order valence-corrected chi connectivity index (χ0v) is 18.2. The van der Waals surface area contributed by atoms with Crippen LogP contribution in [0.25, 0.3) is 0 Å². The molecule has 0 spiro atoms. The summed E-state index contributed by atoms with van der Waals surface area (Å²) in [6.07, 6.45) is 0. The average Bonchev–Trinajstić information content (AvgIpc) is 2.24. The van der Waals surface area contributed by atoms with Gasteiger partial charge in [-0.25, -0.2) is 4.79 Å². The van der Waals surface area contributed by atoms with Crippen LogP contribution in [0.2, 0.25) is 0 Å². The van der Waals surface area contributed by atoms with Gasteiger partial charge in [0.1, 0.15) is 5.60 Å². The molecular formula is C15H22BF3KNO2. The van der Waals surface area contributed by atoms with E-state index in [0.29, 0.717) is 11.3 Å². The van der Waals surface area contributed by atoms with Gasteiger partial charge in [-0.2, -0.15) is 0 Å². The molecule has 0 unspecified atom stereocenters. The molecule has 124 valence electrons. The number of carbonyl (C=O) groups is 1. The Hall–Kier alpha value is -0.0187. The number of nitrogens with one attached hydrogen (secondary N) is 1. The van der Waals surface area contributed by atoms with Crippen molar-refractivity contribution >= 4 is 24.1 Å². The third-order valence-electron chi connectivity index (χ3n) is 3.49. The summed E-state index contributed by atoms with van der Waals surface area (Å²) in [6.45, 7) is 4.16. The molecule has 0 heterocycles. The van der Waals surface area contributed by atoms with Gasteiger partial charge in [-0.3, -0.25) is 0 Å². The molecular weight excluding hydrogens is 333 g/mol. The molecule has 1 N–H and O–H groups in total. The zero-order valence-electron chi connectivity index (χ0n) is 15.0. The van der Waals surface area contributed by atoms with Gasteiger partial charge in [-0.1, -0.05) is 16.6 Å². The molecule has 0 aromatic heterocycles. The number of carbonyl (C=O) groups excluding carboxylic acids is 1. The van der Waals surface area contributed by atoms with Crippen molar-refractivity contribution < 1.29 is 73.9 Å². The molecule has 23 heavy (non-hydrogen) atoms.